The normalized spacial score (nSPS) is 10.9. The van der Waals surface area contributed by atoms with E-state index in [-0.39, 0.29) is 5.97 Å². The smallest absolute Gasteiger partial charge is 0.302 e. The fraction of sp³-hybridized carbons (Fsp3) is 0.625. The van der Waals surface area contributed by atoms with Crippen LogP contribution in [0.4, 0.5) is 0 Å². The van der Waals surface area contributed by atoms with Crippen molar-refractivity contribution in [1.82, 2.24) is 4.90 Å². The number of esters is 1. The molecule has 0 aromatic rings. The average Bonchev–Trinajstić information content (AvgIpc) is 1.85. The molecule has 0 aliphatic rings. The standard InChI is InChI=1S/C8H15NO2/c1-8(10)11-7-5-4-6-9(2)3/h4-5H,6-7H2,1-3H3/b5-4-. The maximum atomic E-state index is 10.3. The first-order valence-electron chi connectivity index (χ1n) is 3.56. The van der Waals surface area contributed by atoms with Crippen LogP contribution >= 0.6 is 0 Å². The van der Waals surface area contributed by atoms with E-state index in [2.05, 4.69) is 4.74 Å². The van der Waals surface area contributed by atoms with E-state index in [4.69, 9.17) is 0 Å². The maximum absolute atomic E-state index is 10.3. The second kappa shape index (κ2) is 5.92. The minimum absolute atomic E-state index is 0.237. The summed E-state index contributed by atoms with van der Waals surface area (Å²) in [7, 11) is 3.96. The van der Waals surface area contributed by atoms with E-state index >= 15 is 0 Å². The number of rotatable bonds is 4. The van der Waals surface area contributed by atoms with Gasteiger partial charge in [-0.2, -0.15) is 0 Å². The number of hydrogen-bond donors (Lipinski definition) is 0. The zero-order valence-electron chi connectivity index (χ0n) is 7.33. The fourth-order valence-corrected chi connectivity index (χ4v) is 0.519. The van der Waals surface area contributed by atoms with Gasteiger partial charge in [0.05, 0.1) is 0 Å². The minimum atomic E-state index is -0.237. The predicted molar refractivity (Wildman–Crippen MR) is 44.3 cm³/mol. The lowest BCUT2D eigenvalue weighted by Crippen LogP contribution is -2.10. The number of hydrogen-bond acceptors (Lipinski definition) is 3. The summed E-state index contributed by atoms with van der Waals surface area (Å²) < 4.78 is 4.68. The molecule has 0 rings (SSSR count). The van der Waals surface area contributed by atoms with Crippen LogP contribution in [0.25, 0.3) is 0 Å². The molecule has 0 unspecified atom stereocenters. The summed E-state index contributed by atoms with van der Waals surface area (Å²) in [4.78, 5) is 12.3. The Hall–Kier alpha value is -0.830. The molecule has 0 N–H and O–H groups in total. The molecule has 0 fully saturated rings. The van der Waals surface area contributed by atoms with E-state index in [0.29, 0.717) is 6.61 Å². The van der Waals surface area contributed by atoms with Crippen molar-refractivity contribution in [2.75, 3.05) is 27.2 Å². The molecule has 64 valence electrons. The summed E-state index contributed by atoms with van der Waals surface area (Å²) >= 11 is 0. The third kappa shape index (κ3) is 9.17. The lowest BCUT2D eigenvalue weighted by Gasteiger charge is -2.03. The lowest BCUT2D eigenvalue weighted by molar-refractivity contribution is -0.139. The highest BCUT2D eigenvalue weighted by Gasteiger charge is 1.86. The van der Waals surface area contributed by atoms with E-state index in [9.17, 15) is 4.79 Å². The average molecular weight is 157 g/mol. The Bertz CT molecular complexity index is 141. The van der Waals surface area contributed by atoms with Gasteiger partial charge in [0.1, 0.15) is 6.61 Å². The molecule has 0 aromatic carbocycles. The van der Waals surface area contributed by atoms with Gasteiger partial charge in [-0.3, -0.25) is 4.79 Å². The van der Waals surface area contributed by atoms with Gasteiger partial charge >= 0.3 is 5.97 Å². The summed E-state index contributed by atoms with van der Waals surface area (Å²) in [5, 5.41) is 0. The predicted octanol–water partition coefficient (Wildman–Crippen LogP) is 0.667. The highest BCUT2D eigenvalue weighted by atomic mass is 16.5. The van der Waals surface area contributed by atoms with Gasteiger partial charge in [-0.15, -0.1) is 0 Å². The lowest BCUT2D eigenvalue weighted by atomic mass is 10.5. The van der Waals surface area contributed by atoms with Crippen molar-refractivity contribution < 1.29 is 9.53 Å². The fourth-order valence-electron chi connectivity index (χ4n) is 0.519. The quantitative estimate of drug-likeness (QED) is 0.443. The number of carbonyl (C=O) groups is 1. The van der Waals surface area contributed by atoms with Gasteiger partial charge in [-0.1, -0.05) is 6.08 Å². The third-order valence-corrected chi connectivity index (χ3v) is 1.02. The SMILES string of the molecule is CC(=O)OC/C=C\CN(C)C. The molecule has 3 heteroatoms. The van der Waals surface area contributed by atoms with Crippen LogP contribution in [0.15, 0.2) is 12.2 Å². The Balaban J connectivity index is 3.23. The molecule has 0 bridgehead atoms. The number of carbonyl (C=O) groups excluding carboxylic acids is 1. The zero-order chi connectivity index (χ0) is 8.69. The van der Waals surface area contributed by atoms with Crippen LogP contribution in [0.3, 0.4) is 0 Å². The first kappa shape index (κ1) is 10.2. The number of nitrogens with zero attached hydrogens (tertiary/aromatic N) is 1. The van der Waals surface area contributed by atoms with E-state index in [0.717, 1.165) is 6.54 Å². The van der Waals surface area contributed by atoms with E-state index in [1.54, 1.807) is 0 Å². The molecule has 0 aromatic heterocycles. The van der Waals surface area contributed by atoms with Crippen LogP contribution in [0.5, 0.6) is 0 Å². The van der Waals surface area contributed by atoms with Crippen LogP contribution in [-0.2, 0) is 9.53 Å². The summed E-state index contributed by atoms with van der Waals surface area (Å²) in [6.07, 6.45) is 3.80. The molecule has 0 spiro atoms. The summed E-state index contributed by atoms with van der Waals surface area (Å²) in [5.41, 5.74) is 0. The summed E-state index contributed by atoms with van der Waals surface area (Å²) in [5.74, 6) is -0.237. The Labute approximate surface area is 67.6 Å². The maximum Gasteiger partial charge on any atom is 0.302 e. The van der Waals surface area contributed by atoms with Gasteiger partial charge in [0.25, 0.3) is 0 Å². The minimum Gasteiger partial charge on any atom is -0.462 e. The monoisotopic (exact) mass is 157 g/mol. The Kier molecular flexibility index (Phi) is 5.47. The molecule has 0 aliphatic heterocycles. The van der Waals surface area contributed by atoms with E-state index < -0.39 is 0 Å². The van der Waals surface area contributed by atoms with Crippen molar-refractivity contribution in [2.24, 2.45) is 0 Å². The van der Waals surface area contributed by atoms with Crippen LogP contribution < -0.4 is 0 Å². The highest BCUT2D eigenvalue weighted by molar-refractivity contribution is 5.65. The molecule has 3 nitrogen and oxygen atoms in total. The molecule has 0 radical (unpaired) electrons. The van der Waals surface area contributed by atoms with Crippen molar-refractivity contribution in [3.05, 3.63) is 12.2 Å². The largest absolute Gasteiger partial charge is 0.462 e. The second-order valence-electron chi connectivity index (χ2n) is 2.54. The van der Waals surface area contributed by atoms with Gasteiger partial charge < -0.3 is 9.64 Å². The first-order valence-corrected chi connectivity index (χ1v) is 3.56. The molecule has 11 heavy (non-hydrogen) atoms. The van der Waals surface area contributed by atoms with Crippen molar-refractivity contribution >= 4 is 5.97 Å². The van der Waals surface area contributed by atoms with Gasteiger partial charge in [0.15, 0.2) is 0 Å². The number of ether oxygens (including phenoxy) is 1. The van der Waals surface area contributed by atoms with Crippen molar-refractivity contribution in [3.63, 3.8) is 0 Å². The van der Waals surface area contributed by atoms with Gasteiger partial charge in [0.2, 0.25) is 0 Å². The zero-order valence-corrected chi connectivity index (χ0v) is 7.33. The summed E-state index contributed by atoms with van der Waals surface area (Å²) in [6.45, 7) is 2.66. The molecule has 0 heterocycles. The third-order valence-electron chi connectivity index (χ3n) is 1.02. The Morgan fingerprint density at radius 3 is 2.55 bits per heavy atom. The van der Waals surface area contributed by atoms with Crippen LogP contribution in [-0.4, -0.2) is 38.1 Å². The van der Waals surface area contributed by atoms with Crippen LogP contribution in [0.2, 0.25) is 0 Å². The van der Waals surface area contributed by atoms with Gasteiger partial charge in [0, 0.05) is 13.5 Å². The van der Waals surface area contributed by atoms with Gasteiger partial charge in [-0.25, -0.2) is 0 Å². The van der Waals surface area contributed by atoms with E-state index in [1.807, 2.05) is 31.1 Å². The Morgan fingerprint density at radius 2 is 2.09 bits per heavy atom. The second-order valence-corrected chi connectivity index (χ2v) is 2.54. The molecule has 0 atom stereocenters. The highest BCUT2D eigenvalue weighted by Crippen LogP contribution is 1.80. The van der Waals surface area contributed by atoms with Crippen molar-refractivity contribution in [2.45, 2.75) is 6.92 Å². The van der Waals surface area contributed by atoms with Crippen molar-refractivity contribution in [1.29, 1.82) is 0 Å². The molecular weight excluding hydrogens is 142 g/mol. The van der Waals surface area contributed by atoms with Crippen LogP contribution in [0.1, 0.15) is 6.92 Å². The number of likely N-dealkylation sites (N-methyl/N-ethyl adjacent to an activating group) is 1. The van der Waals surface area contributed by atoms with E-state index in [1.165, 1.54) is 6.92 Å². The molecule has 0 aliphatic carbocycles. The topological polar surface area (TPSA) is 29.5 Å². The first-order chi connectivity index (χ1) is 5.13. The molecule has 0 saturated heterocycles. The molecular formula is C8H15NO2. The summed E-state index contributed by atoms with van der Waals surface area (Å²) in [6, 6.07) is 0. The van der Waals surface area contributed by atoms with Gasteiger partial charge in [-0.05, 0) is 20.2 Å². The Morgan fingerprint density at radius 1 is 1.45 bits per heavy atom. The van der Waals surface area contributed by atoms with Crippen LogP contribution in [0, 0.1) is 0 Å². The van der Waals surface area contributed by atoms with Crippen molar-refractivity contribution in [3.8, 4) is 0 Å². The molecule has 0 amide bonds. The molecule has 0 saturated carbocycles.